The van der Waals surface area contributed by atoms with Crippen molar-refractivity contribution in [3.05, 3.63) is 35.9 Å². The van der Waals surface area contributed by atoms with Gasteiger partial charge in [-0.15, -0.1) is 0 Å². The highest BCUT2D eigenvalue weighted by Gasteiger charge is 2.50. The van der Waals surface area contributed by atoms with Gasteiger partial charge in [-0.3, -0.25) is 4.79 Å². The smallest absolute Gasteiger partial charge is 0.306 e. The van der Waals surface area contributed by atoms with Crippen LogP contribution < -0.4 is 0 Å². The molecule has 0 bridgehead atoms. The fourth-order valence-corrected chi connectivity index (χ4v) is 5.03. The van der Waals surface area contributed by atoms with Gasteiger partial charge in [-0.05, 0) is 45.9 Å². The van der Waals surface area contributed by atoms with E-state index in [1.54, 1.807) is 0 Å². The highest BCUT2D eigenvalue weighted by atomic mass is 31.1. The average molecular weight is 380 g/mol. The summed E-state index contributed by atoms with van der Waals surface area (Å²) >= 11 is 0. The number of esters is 1. The molecule has 1 saturated carbocycles. The molecular weight excluding hydrogens is 353 g/mol. The summed E-state index contributed by atoms with van der Waals surface area (Å²) in [7, 11) is 3.17. The van der Waals surface area contributed by atoms with Crippen molar-refractivity contribution in [2.75, 3.05) is 0 Å². The fraction of sp³-hybridized carbons (Fsp3) is 0.611. The summed E-state index contributed by atoms with van der Waals surface area (Å²) in [5.41, 5.74) is 1.26. The second-order valence-electron chi connectivity index (χ2n) is 7.06. The van der Waals surface area contributed by atoms with E-state index in [1.807, 2.05) is 18.2 Å². The van der Waals surface area contributed by atoms with Crippen LogP contribution in [0.4, 0.5) is 0 Å². The molecule has 1 aliphatic carbocycles. The number of aliphatic hydroxyl groups is 1. The lowest BCUT2D eigenvalue weighted by Gasteiger charge is -2.24. The van der Waals surface area contributed by atoms with Gasteiger partial charge in [0.1, 0.15) is 6.10 Å². The van der Waals surface area contributed by atoms with Gasteiger partial charge in [0.15, 0.2) is 0 Å². The van der Waals surface area contributed by atoms with E-state index in [-0.39, 0.29) is 30.2 Å². The quantitative estimate of drug-likeness (QED) is 0.407. The SMILES string of the molecule is O=C1C[C@@H]2[C@@H](CC[C@@H](O)CCc3ccccc3)[C@H](OPBP)C[C@@H]2O1. The minimum absolute atomic E-state index is 0.0262. The lowest BCUT2D eigenvalue weighted by molar-refractivity contribution is -0.141. The minimum Gasteiger partial charge on any atom is -0.462 e. The van der Waals surface area contributed by atoms with Gasteiger partial charge in [0.05, 0.1) is 18.6 Å². The average Bonchev–Trinajstić information content (AvgIpc) is 3.13. The molecule has 136 valence electrons. The highest BCUT2D eigenvalue weighted by Crippen LogP contribution is 2.46. The van der Waals surface area contributed by atoms with Gasteiger partial charge in [-0.2, -0.15) is 9.12 Å². The Balaban J connectivity index is 1.49. The molecule has 1 N–H and O–H groups in total. The van der Waals surface area contributed by atoms with Gasteiger partial charge in [-0.25, -0.2) is 0 Å². The van der Waals surface area contributed by atoms with E-state index < -0.39 is 0 Å². The van der Waals surface area contributed by atoms with Gasteiger partial charge in [0.25, 0.3) is 0 Å². The first-order chi connectivity index (χ1) is 12.2. The predicted octanol–water partition coefficient (Wildman–Crippen LogP) is 2.83. The van der Waals surface area contributed by atoms with Crippen molar-refractivity contribution in [2.24, 2.45) is 11.8 Å². The van der Waals surface area contributed by atoms with Gasteiger partial charge < -0.3 is 14.4 Å². The van der Waals surface area contributed by atoms with E-state index in [2.05, 4.69) is 21.3 Å². The van der Waals surface area contributed by atoms with E-state index in [0.29, 0.717) is 21.0 Å². The van der Waals surface area contributed by atoms with Crippen molar-refractivity contribution >= 4 is 30.5 Å². The molecule has 0 aromatic heterocycles. The molecule has 7 heteroatoms. The number of ether oxygens (including phenoxy) is 1. The summed E-state index contributed by atoms with van der Waals surface area (Å²) in [5, 5.41) is 10.4. The molecule has 0 radical (unpaired) electrons. The topological polar surface area (TPSA) is 55.8 Å². The van der Waals surface area contributed by atoms with Crippen molar-refractivity contribution in [2.45, 2.75) is 56.8 Å². The van der Waals surface area contributed by atoms with Crippen LogP contribution in [0.1, 0.15) is 37.7 Å². The molecule has 4 nitrogen and oxygen atoms in total. The van der Waals surface area contributed by atoms with Crippen LogP contribution in [0.3, 0.4) is 0 Å². The third-order valence-corrected chi connectivity index (χ3v) is 6.55. The van der Waals surface area contributed by atoms with Crippen molar-refractivity contribution in [3.8, 4) is 0 Å². The number of carbonyl (C=O) groups is 1. The molecule has 0 spiro atoms. The van der Waals surface area contributed by atoms with Crippen LogP contribution in [-0.2, 0) is 20.5 Å². The third kappa shape index (κ3) is 5.26. The summed E-state index contributed by atoms with van der Waals surface area (Å²) in [5.74, 6) is 0.525. The summed E-state index contributed by atoms with van der Waals surface area (Å²) < 4.78 is 11.5. The number of aliphatic hydroxyl groups excluding tert-OH is 1. The van der Waals surface area contributed by atoms with Gasteiger partial charge in [0.2, 0.25) is 6.72 Å². The van der Waals surface area contributed by atoms with Crippen molar-refractivity contribution < 1.29 is 19.2 Å². The molecule has 1 saturated heterocycles. The molecule has 7 atom stereocenters. The lowest BCUT2D eigenvalue weighted by Crippen LogP contribution is -2.23. The summed E-state index contributed by atoms with van der Waals surface area (Å²) in [4.78, 5) is 11.6. The molecule has 25 heavy (non-hydrogen) atoms. The lowest BCUT2D eigenvalue weighted by atomic mass is 9.87. The van der Waals surface area contributed by atoms with Crippen molar-refractivity contribution in [3.63, 3.8) is 0 Å². The maximum atomic E-state index is 11.6. The van der Waals surface area contributed by atoms with Gasteiger partial charge >= 0.3 is 5.97 Å². The van der Waals surface area contributed by atoms with Crippen LogP contribution in [0.5, 0.6) is 0 Å². The Morgan fingerprint density at radius 1 is 1.36 bits per heavy atom. The normalized spacial score (nSPS) is 29.8. The van der Waals surface area contributed by atoms with E-state index in [0.717, 1.165) is 38.8 Å². The Morgan fingerprint density at radius 2 is 2.16 bits per heavy atom. The first-order valence-corrected chi connectivity index (χ1v) is 11.1. The molecule has 1 aromatic carbocycles. The van der Waals surface area contributed by atoms with E-state index in [9.17, 15) is 9.90 Å². The maximum Gasteiger partial charge on any atom is 0.306 e. The van der Waals surface area contributed by atoms with Gasteiger partial charge in [-0.1, -0.05) is 30.3 Å². The van der Waals surface area contributed by atoms with Gasteiger partial charge in [0, 0.05) is 12.3 Å². The number of rotatable bonds is 9. The second kappa shape index (κ2) is 9.46. The van der Waals surface area contributed by atoms with Crippen LogP contribution >= 0.6 is 17.8 Å². The first kappa shape index (κ1) is 19.3. The van der Waals surface area contributed by atoms with Crippen LogP contribution in [0.25, 0.3) is 0 Å². The third-order valence-electron chi connectivity index (χ3n) is 5.42. The van der Waals surface area contributed by atoms with Crippen LogP contribution in [0.15, 0.2) is 30.3 Å². The molecule has 1 aliphatic heterocycles. The minimum atomic E-state index is -0.304. The maximum absolute atomic E-state index is 11.6. The zero-order valence-electron chi connectivity index (χ0n) is 14.5. The van der Waals surface area contributed by atoms with E-state index in [4.69, 9.17) is 9.26 Å². The Bertz CT molecular complexity index is 559. The van der Waals surface area contributed by atoms with Crippen LogP contribution in [0.2, 0.25) is 0 Å². The number of fused-ring (bicyclic) bond motifs is 1. The Kier molecular flexibility index (Phi) is 7.31. The van der Waals surface area contributed by atoms with Crippen molar-refractivity contribution in [1.82, 2.24) is 0 Å². The molecule has 0 amide bonds. The Labute approximate surface area is 154 Å². The number of carbonyl (C=O) groups excluding carboxylic acids is 1. The fourth-order valence-electron chi connectivity index (χ4n) is 4.16. The number of hydrogen-bond donors (Lipinski definition) is 1. The second-order valence-corrected chi connectivity index (χ2v) is 9.21. The molecule has 1 heterocycles. The molecule has 3 rings (SSSR count). The monoisotopic (exact) mass is 380 g/mol. The molecule has 2 unspecified atom stereocenters. The molecular formula is C18H27BO4P2. The number of aryl methyl sites for hydroxylation is 1. The summed E-state index contributed by atoms with van der Waals surface area (Å²) in [6, 6.07) is 10.3. The molecule has 2 fully saturated rings. The van der Waals surface area contributed by atoms with E-state index in [1.165, 1.54) is 5.56 Å². The van der Waals surface area contributed by atoms with E-state index >= 15 is 0 Å². The zero-order chi connectivity index (χ0) is 17.6. The number of hydrogen-bond acceptors (Lipinski definition) is 4. The Morgan fingerprint density at radius 3 is 2.92 bits per heavy atom. The first-order valence-electron chi connectivity index (χ1n) is 9.17. The van der Waals surface area contributed by atoms with Crippen LogP contribution in [-0.4, -0.2) is 36.1 Å². The predicted molar refractivity (Wildman–Crippen MR) is 106 cm³/mol. The summed E-state index contributed by atoms with van der Waals surface area (Å²) in [6.45, 7) is 0.943. The Hall–Kier alpha value is -0.465. The molecule has 2 aliphatic rings. The summed E-state index contributed by atoms with van der Waals surface area (Å²) in [6.07, 6.45) is 4.56. The zero-order valence-corrected chi connectivity index (χ0v) is 16.6. The largest absolute Gasteiger partial charge is 0.462 e. The van der Waals surface area contributed by atoms with Crippen LogP contribution in [0, 0.1) is 11.8 Å². The number of benzene rings is 1. The highest BCUT2D eigenvalue weighted by molar-refractivity contribution is 7.92. The molecule has 1 aromatic rings. The van der Waals surface area contributed by atoms with Crippen molar-refractivity contribution in [1.29, 1.82) is 0 Å². The standard InChI is InChI=1S/C18H27BO4P2/c20-13(7-6-12-4-2-1-3-5-12)8-9-14-15-10-18(21)22-16(15)11-17(14)23-25-19-24/h1-5,13-17,19-20,25H,6-11,24H2/t13-,14+,15+,16-,17+/m0/s1.